The van der Waals surface area contributed by atoms with Crippen molar-refractivity contribution in [2.75, 3.05) is 20.7 Å². The van der Waals surface area contributed by atoms with Gasteiger partial charge >= 0.3 is 5.97 Å². The van der Waals surface area contributed by atoms with Crippen molar-refractivity contribution >= 4 is 17.3 Å². The third kappa shape index (κ3) is 3.57. The first-order valence-electron chi connectivity index (χ1n) is 4.00. The molecule has 4 heteroatoms. The molecular weight excluding hydrogens is 186 g/mol. The van der Waals surface area contributed by atoms with Crippen molar-refractivity contribution in [1.82, 2.24) is 4.90 Å². The van der Waals surface area contributed by atoms with Gasteiger partial charge in [0.1, 0.15) is 0 Å². The number of carbonyl (C=O) groups is 1. The predicted molar refractivity (Wildman–Crippen MR) is 52.7 cm³/mol. The molecule has 0 unspecified atom stereocenters. The molecule has 72 valence electrons. The maximum Gasteiger partial charge on any atom is 0.319 e. The number of ether oxygens (including phenoxy) is 1. The molecule has 3 nitrogen and oxygen atoms in total. The Balaban J connectivity index is 2.33. The van der Waals surface area contributed by atoms with Crippen LogP contribution in [0.15, 0.2) is 17.5 Å². The van der Waals surface area contributed by atoms with Gasteiger partial charge in [-0.3, -0.25) is 9.69 Å². The number of likely N-dealkylation sites (N-methyl/N-ethyl adjacent to an activating group) is 1. The Bertz CT molecular complexity index is 259. The summed E-state index contributed by atoms with van der Waals surface area (Å²) in [6.45, 7) is 1.14. The van der Waals surface area contributed by atoms with Crippen molar-refractivity contribution in [3.63, 3.8) is 0 Å². The molecule has 0 amide bonds. The van der Waals surface area contributed by atoms with Crippen LogP contribution in [0, 0.1) is 0 Å². The molecule has 1 aromatic heterocycles. The minimum Gasteiger partial charge on any atom is -0.468 e. The third-order valence-electron chi connectivity index (χ3n) is 1.63. The Labute approximate surface area is 81.9 Å². The molecule has 0 aliphatic carbocycles. The van der Waals surface area contributed by atoms with Crippen LogP contribution >= 0.6 is 11.3 Å². The standard InChI is InChI=1S/C9H13NO2S/c1-10(7-9(11)12-2)6-8-4-3-5-13-8/h3-5H,6-7H2,1-2H3. The fourth-order valence-electron chi connectivity index (χ4n) is 1.01. The smallest absolute Gasteiger partial charge is 0.319 e. The quantitative estimate of drug-likeness (QED) is 0.686. The normalized spacial score (nSPS) is 10.4. The Hall–Kier alpha value is -0.870. The van der Waals surface area contributed by atoms with Crippen molar-refractivity contribution in [3.8, 4) is 0 Å². The second kappa shape index (κ2) is 4.99. The van der Waals surface area contributed by atoms with E-state index >= 15 is 0 Å². The van der Waals surface area contributed by atoms with Crippen LogP contribution in [0.3, 0.4) is 0 Å². The van der Waals surface area contributed by atoms with Gasteiger partial charge in [0.15, 0.2) is 0 Å². The third-order valence-corrected chi connectivity index (χ3v) is 2.49. The molecule has 0 bridgehead atoms. The molecule has 0 fully saturated rings. The van der Waals surface area contributed by atoms with Gasteiger partial charge in [0, 0.05) is 11.4 Å². The van der Waals surface area contributed by atoms with Crippen LogP contribution in [0.1, 0.15) is 4.88 Å². The molecule has 0 aromatic carbocycles. The zero-order chi connectivity index (χ0) is 9.68. The molecule has 13 heavy (non-hydrogen) atoms. The van der Waals surface area contributed by atoms with Crippen molar-refractivity contribution < 1.29 is 9.53 Å². The lowest BCUT2D eigenvalue weighted by Crippen LogP contribution is -2.25. The van der Waals surface area contributed by atoms with Crippen molar-refractivity contribution in [2.24, 2.45) is 0 Å². The number of carbonyl (C=O) groups excluding carboxylic acids is 1. The zero-order valence-corrected chi connectivity index (χ0v) is 8.63. The topological polar surface area (TPSA) is 29.5 Å². The zero-order valence-electron chi connectivity index (χ0n) is 7.82. The van der Waals surface area contributed by atoms with Crippen molar-refractivity contribution in [2.45, 2.75) is 6.54 Å². The van der Waals surface area contributed by atoms with Crippen molar-refractivity contribution in [3.05, 3.63) is 22.4 Å². The Morgan fingerprint density at radius 3 is 3.00 bits per heavy atom. The molecule has 0 saturated carbocycles. The molecule has 1 rings (SSSR count). The average molecular weight is 199 g/mol. The molecule has 0 saturated heterocycles. The van der Waals surface area contributed by atoms with Gasteiger partial charge in [0.25, 0.3) is 0 Å². The summed E-state index contributed by atoms with van der Waals surface area (Å²) in [4.78, 5) is 14.1. The molecule has 0 radical (unpaired) electrons. The maximum atomic E-state index is 10.9. The van der Waals surface area contributed by atoms with E-state index in [1.165, 1.54) is 12.0 Å². The molecule has 0 spiro atoms. The highest BCUT2D eigenvalue weighted by atomic mass is 32.1. The molecule has 1 aromatic rings. The van der Waals surface area contributed by atoms with E-state index < -0.39 is 0 Å². The average Bonchev–Trinajstić information content (AvgIpc) is 2.56. The van der Waals surface area contributed by atoms with Crippen LogP contribution in [0.2, 0.25) is 0 Å². The predicted octanol–water partition coefficient (Wildman–Crippen LogP) is 1.35. The van der Waals surface area contributed by atoms with Crippen LogP contribution in [0.5, 0.6) is 0 Å². The van der Waals surface area contributed by atoms with Crippen LogP contribution in [-0.4, -0.2) is 31.6 Å². The monoisotopic (exact) mass is 199 g/mol. The number of thiophene rings is 1. The lowest BCUT2D eigenvalue weighted by atomic mass is 10.4. The van der Waals surface area contributed by atoms with Gasteiger partial charge in [-0.05, 0) is 18.5 Å². The number of hydrogen-bond donors (Lipinski definition) is 0. The molecule has 0 N–H and O–H groups in total. The Morgan fingerprint density at radius 1 is 1.69 bits per heavy atom. The summed E-state index contributed by atoms with van der Waals surface area (Å²) in [5.74, 6) is -0.195. The second-order valence-corrected chi connectivity index (χ2v) is 3.86. The highest BCUT2D eigenvalue weighted by Crippen LogP contribution is 2.10. The van der Waals surface area contributed by atoms with Gasteiger partial charge in [-0.15, -0.1) is 11.3 Å². The van der Waals surface area contributed by atoms with E-state index in [0.717, 1.165) is 6.54 Å². The van der Waals surface area contributed by atoms with Crippen LogP contribution < -0.4 is 0 Å². The molecule has 0 atom stereocenters. The lowest BCUT2D eigenvalue weighted by Gasteiger charge is -2.13. The summed E-state index contributed by atoms with van der Waals surface area (Å²) in [6.07, 6.45) is 0. The first-order chi connectivity index (χ1) is 6.22. The highest BCUT2D eigenvalue weighted by molar-refractivity contribution is 7.09. The summed E-state index contributed by atoms with van der Waals surface area (Å²) in [5.41, 5.74) is 0. The summed E-state index contributed by atoms with van der Waals surface area (Å²) in [6, 6.07) is 4.06. The number of esters is 1. The SMILES string of the molecule is COC(=O)CN(C)Cc1cccs1. The van der Waals surface area contributed by atoms with Gasteiger partial charge < -0.3 is 4.74 Å². The molecule has 0 aliphatic heterocycles. The summed E-state index contributed by atoms with van der Waals surface area (Å²) < 4.78 is 4.56. The number of nitrogens with zero attached hydrogens (tertiary/aromatic N) is 1. The lowest BCUT2D eigenvalue weighted by molar-refractivity contribution is -0.141. The Morgan fingerprint density at radius 2 is 2.46 bits per heavy atom. The maximum absolute atomic E-state index is 10.9. The van der Waals surface area contributed by atoms with E-state index in [2.05, 4.69) is 10.8 Å². The minimum atomic E-state index is -0.195. The molecular formula is C9H13NO2S. The van der Waals surface area contributed by atoms with E-state index in [-0.39, 0.29) is 5.97 Å². The van der Waals surface area contributed by atoms with Gasteiger partial charge in [-0.2, -0.15) is 0 Å². The summed E-state index contributed by atoms with van der Waals surface area (Å²) >= 11 is 1.69. The van der Waals surface area contributed by atoms with E-state index in [0.29, 0.717) is 6.54 Å². The van der Waals surface area contributed by atoms with Gasteiger partial charge in [-0.1, -0.05) is 6.07 Å². The summed E-state index contributed by atoms with van der Waals surface area (Å²) in [5, 5.41) is 2.03. The highest BCUT2D eigenvalue weighted by Gasteiger charge is 2.06. The van der Waals surface area contributed by atoms with Crippen LogP contribution in [0.25, 0.3) is 0 Å². The number of hydrogen-bond acceptors (Lipinski definition) is 4. The van der Waals surface area contributed by atoms with E-state index in [1.807, 2.05) is 23.4 Å². The van der Waals surface area contributed by atoms with Gasteiger partial charge in [0.2, 0.25) is 0 Å². The fraction of sp³-hybridized carbons (Fsp3) is 0.444. The van der Waals surface area contributed by atoms with Crippen LogP contribution in [-0.2, 0) is 16.1 Å². The first-order valence-corrected chi connectivity index (χ1v) is 4.88. The molecule has 1 heterocycles. The number of rotatable bonds is 4. The van der Waals surface area contributed by atoms with Crippen molar-refractivity contribution in [1.29, 1.82) is 0 Å². The number of methoxy groups -OCH3 is 1. The minimum absolute atomic E-state index is 0.195. The largest absolute Gasteiger partial charge is 0.468 e. The Kier molecular flexibility index (Phi) is 3.92. The second-order valence-electron chi connectivity index (χ2n) is 2.83. The molecule has 0 aliphatic rings. The van der Waals surface area contributed by atoms with E-state index in [1.54, 1.807) is 11.3 Å². The van der Waals surface area contributed by atoms with Crippen LogP contribution in [0.4, 0.5) is 0 Å². The van der Waals surface area contributed by atoms with Gasteiger partial charge in [0.05, 0.1) is 13.7 Å². The van der Waals surface area contributed by atoms with Gasteiger partial charge in [-0.25, -0.2) is 0 Å². The fourth-order valence-corrected chi connectivity index (χ4v) is 1.79. The van der Waals surface area contributed by atoms with E-state index in [9.17, 15) is 4.79 Å². The van der Waals surface area contributed by atoms with E-state index in [4.69, 9.17) is 0 Å². The first kappa shape index (κ1) is 10.2. The summed E-state index contributed by atoms with van der Waals surface area (Å²) in [7, 11) is 3.30.